The van der Waals surface area contributed by atoms with E-state index in [-0.39, 0.29) is 5.91 Å². The molecular formula is C22H30N2O3S2. The van der Waals surface area contributed by atoms with Crippen LogP contribution in [0.2, 0.25) is 0 Å². The molecule has 0 aliphatic carbocycles. The fourth-order valence-corrected chi connectivity index (χ4v) is 5.78. The lowest BCUT2D eigenvalue weighted by Crippen LogP contribution is -2.34. The third kappa shape index (κ3) is 5.68. The fraction of sp³-hybridized carbons (Fsp3) is 0.500. The van der Waals surface area contributed by atoms with Crippen molar-refractivity contribution in [1.29, 1.82) is 0 Å². The van der Waals surface area contributed by atoms with Crippen molar-refractivity contribution in [3.05, 3.63) is 34.7 Å². The third-order valence-electron chi connectivity index (χ3n) is 4.98. The number of aryl methyl sites for hydroxylation is 1. The number of carbonyl (C=O) groups is 1. The highest BCUT2D eigenvalue weighted by Crippen LogP contribution is 2.41. The minimum atomic E-state index is 0.216. The summed E-state index contributed by atoms with van der Waals surface area (Å²) in [5, 5.41) is 3.40. The number of nitrogens with zero attached hydrogens (tertiary/aromatic N) is 1. The molecule has 1 aromatic heterocycles. The van der Waals surface area contributed by atoms with Crippen LogP contribution >= 0.6 is 23.1 Å². The van der Waals surface area contributed by atoms with E-state index in [0.29, 0.717) is 13.0 Å². The van der Waals surface area contributed by atoms with Crippen molar-refractivity contribution in [2.75, 3.05) is 44.5 Å². The second kappa shape index (κ2) is 10.9. The van der Waals surface area contributed by atoms with E-state index < -0.39 is 0 Å². The molecule has 0 atom stereocenters. The first-order valence-electron chi connectivity index (χ1n) is 10.1. The molecule has 1 amide bonds. The zero-order valence-electron chi connectivity index (χ0n) is 17.5. The molecule has 1 aliphatic heterocycles. The van der Waals surface area contributed by atoms with Gasteiger partial charge < -0.3 is 19.7 Å². The smallest absolute Gasteiger partial charge is 0.228 e. The van der Waals surface area contributed by atoms with Gasteiger partial charge in [-0.05, 0) is 49.6 Å². The number of thiophene rings is 1. The summed E-state index contributed by atoms with van der Waals surface area (Å²) >= 11 is 3.73. The molecule has 1 aliphatic rings. The quantitative estimate of drug-likeness (QED) is 0.594. The van der Waals surface area contributed by atoms with Crippen molar-refractivity contribution in [1.82, 2.24) is 5.32 Å². The van der Waals surface area contributed by atoms with Gasteiger partial charge in [-0.1, -0.05) is 13.0 Å². The number of hydrogen-bond acceptors (Lipinski definition) is 6. The molecular weight excluding hydrogens is 404 g/mol. The Morgan fingerprint density at radius 1 is 1.17 bits per heavy atom. The number of nitrogens with one attached hydrogen (secondary N) is 1. The molecule has 0 saturated heterocycles. The van der Waals surface area contributed by atoms with Gasteiger partial charge >= 0.3 is 0 Å². The van der Waals surface area contributed by atoms with Crippen molar-refractivity contribution in [3.63, 3.8) is 0 Å². The van der Waals surface area contributed by atoms with E-state index >= 15 is 0 Å². The Kier molecular flexibility index (Phi) is 8.27. The highest BCUT2D eigenvalue weighted by Gasteiger charge is 2.23. The van der Waals surface area contributed by atoms with Crippen LogP contribution in [0.3, 0.4) is 0 Å². The van der Waals surface area contributed by atoms with Gasteiger partial charge in [0.1, 0.15) is 0 Å². The number of rotatable bonds is 9. The summed E-state index contributed by atoms with van der Waals surface area (Å²) in [6.45, 7) is 4.51. The number of methoxy groups -OCH3 is 2. The Labute approximate surface area is 181 Å². The molecule has 5 nitrogen and oxygen atoms in total. The molecule has 0 unspecified atom stereocenters. The number of ether oxygens (including phenoxy) is 2. The highest BCUT2D eigenvalue weighted by atomic mass is 32.2. The Morgan fingerprint density at radius 2 is 2.00 bits per heavy atom. The van der Waals surface area contributed by atoms with Crippen molar-refractivity contribution in [2.45, 2.75) is 36.8 Å². The van der Waals surface area contributed by atoms with Crippen molar-refractivity contribution in [2.24, 2.45) is 0 Å². The molecule has 1 N–H and O–H groups in total. The molecule has 0 saturated carbocycles. The minimum Gasteiger partial charge on any atom is -0.493 e. The van der Waals surface area contributed by atoms with Crippen LogP contribution in [0.4, 0.5) is 5.69 Å². The van der Waals surface area contributed by atoms with E-state index in [9.17, 15) is 4.79 Å². The van der Waals surface area contributed by atoms with Gasteiger partial charge in [0.05, 0.1) is 24.1 Å². The summed E-state index contributed by atoms with van der Waals surface area (Å²) in [6.07, 6.45) is 3.47. The Morgan fingerprint density at radius 3 is 2.76 bits per heavy atom. The van der Waals surface area contributed by atoms with Crippen LogP contribution in [0.25, 0.3) is 0 Å². The molecule has 7 heteroatoms. The summed E-state index contributed by atoms with van der Waals surface area (Å²) < 4.78 is 11.9. The van der Waals surface area contributed by atoms with E-state index in [1.54, 1.807) is 14.2 Å². The first kappa shape index (κ1) is 22.0. The van der Waals surface area contributed by atoms with Crippen LogP contribution in [-0.4, -0.2) is 45.5 Å². The van der Waals surface area contributed by atoms with Crippen LogP contribution in [0.15, 0.2) is 28.5 Å². The lowest BCUT2D eigenvalue weighted by Gasteiger charge is -2.20. The largest absolute Gasteiger partial charge is 0.493 e. The maximum atomic E-state index is 12.8. The topological polar surface area (TPSA) is 50.8 Å². The standard InChI is InChI=1S/C22H30N2O3S2/c1-4-17-15-18-22(29-17)28-13-5-12-24(18)21(25)9-11-23-10-8-16-6-7-19(26-2)20(14-16)27-3/h6-7,14-15,23H,4-5,8-13H2,1-3H3. The lowest BCUT2D eigenvalue weighted by molar-refractivity contribution is -0.118. The molecule has 1 aromatic carbocycles. The molecule has 0 radical (unpaired) electrons. The predicted molar refractivity (Wildman–Crippen MR) is 122 cm³/mol. The molecule has 2 heterocycles. The number of anilines is 1. The molecule has 3 rings (SSSR count). The molecule has 0 bridgehead atoms. The number of hydrogen-bond donors (Lipinski definition) is 1. The number of fused-ring (bicyclic) bond motifs is 1. The summed E-state index contributed by atoms with van der Waals surface area (Å²) in [5.74, 6) is 2.79. The average molecular weight is 435 g/mol. The maximum absolute atomic E-state index is 12.8. The van der Waals surface area contributed by atoms with Crippen molar-refractivity contribution >= 4 is 34.7 Å². The van der Waals surface area contributed by atoms with Crippen LogP contribution < -0.4 is 19.7 Å². The Bertz CT molecular complexity index is 822. The Hall–Kier alpha value is -1.70. The second-order valence-electron chi connectivity index (χ2n) is 6.93. The normalized spacial score (nSPS) is 13.7. The van der Waals surface area contributed by atoms with E-state index in [1.165, 1.54) is 14.6 Å². The summed E-state index contributed by atoms with van der Waals surface area (Å²) in [4.78, 5) is 16.2. The zero-order chi connectivity index (χ0) is 20.6. The average Bonchev–Trinajstić information content (AvgIpc) is 3.05. The molecule has 29 heavy (non-hydrogen) atoms. The Balaban J connectivity index is 1.47. The van der Waals surface area contributed by atoms with Crippen molar-refractivity contribution in [3.8, 4) is 11.5 Å². The summed E-state index contributed by atoms with van der Waals surface area (Å²) in [6, 6.07) is 8.19. The highest BCUT2D eigenvalue weighted by molar-refractivity contribution is 8.01. The maximum Gasteiger partial charge on any atom is 0.228 e. The zero-order valence-corrected chi connectivity index (χ0v) is 19.1. The van der Waals surface area contributed by atoms with Crippen LogP contribution in [0, 0.1) is 0 Å². The van der Waals surface area contributed by atoms with E-state index in [0.717, 1.165) is 55.3 Å². The van der Waals surface area contributed by atoms with Gasteiger partial charge in [-0.25, -0.2) is 0 Å². The number of carbonyl (C=O) groups excluding carboxylic acids is 1. The monoisotopic (exact) mass is 434 g/mol. The third-order valence-corrected chi connectivity index (χ3v) is 7.62. The van der Waals surface area contributed by atoms with Crippen LogP contribution in [0.1, 0.15) is 30.2 Å². The lowest BCUT2D eigenvalue weighted by atomic mass is 10.1. The predicted octanol–water partition coefficient (Wildman–Crippen LogP) is 4.38. The van der Waals surface area contributed by atoms with Crippen LogP contribution in [0.5, 0.6) is 11.5 Å². The first-order chi connectivity index (χ1) is 14.2. The summed E-state index contributed by atoms with van der Waals surface area (Å²) in [5.41, 5.74) is 2.31. The van der Waals surface area contributed by atoms with Gasteiger partial charge in [0.2, 0.25) is 5.91 Å². The molecule has 0 spiro atoms. The first-order valence-corrected chi connectivity index (χ1v) is 11.9. The number of amides is 1. The van der Waals surface area contributed by atoms with Gasteiger partial charge in [-0.15, -0.1) is 23.1 Å². The SMILES string of the molecule is CCc1cc2c(s1)SCCCN2C(=O)CCNCCc1ccc(OC)c(OC)c1. The van der Waals surface area contributed by atoms with Gasteiger partial charge in [0, 0.05) is 30.1 Å². The summed E-state index contributed by atoms with van der Waals surface area (Å²) in [7, 11) is 3.29. The van der Waals surface area contributed by atoms with Gasteiger partial charge in [-0.2, -0.15) is 0 Å². The van der Waals surface area contributed by atoms with E-state index in [1.807, 2.05) is 46.2 Å². The van der Waals surface area contributed by atoms with Crippen LogP contribution in [-0.2, 0) is 17.6 Å². The second-order valence-corrected chi connectivity index (χ2v) is 9.43. The van der Waals surface area contributed by atoms with Gasteiger partial charge in [0.15, 0.2) is 11.5 Å². The number of benzene rings is 1. The van der Waals surface area contributed by atoms with Gasteiger partial charge in [0.25, 0.3) is 0 Å². The van der Waals surface area contributed by atoms with E-state index in [4.69, 9.17) is 9.47 Å². The van der Waals surface area contributed by atoms with Gasteiger partial charge in [-0.3, -0.25) is 4.79 Å². The molecule has 2 aromatic rings. The fourth-order valence-electron chi connectivity index (χ4n) is 3.37. The van der Waals surface area contributed by atoms with E-state index in [2.05, 4.69) is 18.3 Å². The molecule has 158 valence electrons. The number of thioether (sulfide) groups is 1. The molecule has 0 fully saturated rings. The van der Waals surface area contributed by atoms with Crippen molar-refractivity contribution < 1.29 is 14.3 Å². The minimum absolute atomic E-state index is 0.216.